The molecule has 0 atom stereocenters. The van der Waals surface area contributed by atoms with Crippen molar-refractivity contribution < 1.29 is 5.11 Å². The summed E-state index contributed by atoms with van der Waals surface area (Å²) in [4.78, 5) is 4.36. The molecule has 2 rings (SSSR count). The molecular weight excluding hydrogens is 254 g/mol. The molecule has 0 amide bonds. The van der Waals surface area contributed by atoms with E-state index in [4.69, 9.17) is 0 Å². The van der Waals surface area contributed by atoms with Crippen LogP contribution in [0.5, 0.6) is 5.75 Å². The lowest BCUT2D eigenvalue weighted by Gasteiger charge is -2.04. The standard InChI is InChI=1S/C12H10BrNO/c13-8-11-12(15)7-6-10(14-11)9-4-2-1-3-5-9/h1-7,15H,8H2. The normalized spacial score (nSPS) is 10.2. The Kier molecular flexibility index (Phi) is 3.02. The quantitative estimate of drug-likeness (QED) is 0.844. The van der Waals surface area contributed by atoms with Crippen molar-refractivity contribution in [3.63, 3.8) is 0 Å². The van der Waals surface area contributed by atoms with Crippen LogP contribution in [0, 0.1) is 0 Å². The van der Waals surface area contributed by atoms with Crippen molar-refractivity contribution in [1.82, 2.24) is 4.98 Å². The molecule has 0 saturated carbocycles. The first-order valence-corrected chi connectivity index (χ1v) is 5.73. The minimum atomic E-state index is 0.228. The number of benzene rings is 1. The van der Waals surface area contributed by atoms with Gasteiger partial charge in [-0.05, 0) is 12.1 Å². The minimum absolute atomic E-state index is 0.228. The Morgan fingerprint density at radius 1 is 1.07 bits per heavy atom. The van der Waals surface area contributed by atoms with Gasteiger partial charge in [-0.2, -0.15) is 0 Å². The summed E-state index contributed by atoms with van der Waals surface area (Å²) in [6.45, 7) is 0. The van der Waals surface area contributed by atoms with Gasteiger partial charge in [0.05, 0.1) is 11.4 Å². The average molecular weight is 264 g/mol. The summed E-state index contributed by atoms with van der Waals surface area (Å²) < 4.78 is 0. The minimum Gasteiger partial charge on any atom is -0.506 e. The largest absolute Gasteiger partial charge is 0.506 e. The number of aromatic hydroxyl groups is 1. The molecule has 0 fully saturated rings. The highest BCUT2D eigenvalue weighted by Crippen LogP contribution is 2.23. The van der Waals surface area contributed by atoms with E-state index in [1.54, 1.807) is 6.07 Å². The van der Waals surface area contributed by atoms with E-state index in [2.05, 4.69) is 20.9 Å². The second-order valence-corrected chi connectivity index (χ2v) is 3.72. The third-order valence-electron chi connectivity index (χ3n) is 2.15. The summed E-state index contributed by atoms with van der Waals surface area (Å²) >= 11 is 3.29. The van der Waals surface area contributed by atoms with Crippen LogP contribution >= 0.6 is 15.9 Å². The molecule has 2 aromatic rings. The van der Waals surface area contributed by atoms with E-state index in [-0.39, 0.29) is 5.75 Å². The zero-order chi connectivity index (χ0) is 10.7. The Bertz CT molecular complexity index is 456. The molecule has 76 valence electrons. The first-order chi connectivity index (χ1) is 7.31. The van der Waals surface area contributed by atoms with Crippen LogP contribution in [0.2, 0.25) is 0 Å². The lowest BCUT2D eigenvalue weighted by atomic mass is 10.1. The van der Waals surface area contributed by atoms with Crippen molar-refractivity contribution in [3.8, 4) is 17.0 Å². The van der Waals surface area contributed by atoms with E-state index in [0.29, 0.717) is 11.0 Å². The topological polar surface area (TPSA) is 33.1 Å². The van der Waals surface area contributed by atoms with E-state index >= 15 is 0 Å². The van der Waals surface area contributed by atoms with E-state index in [1.165, 1.54) is 0 Å². The Morgan fingerprint density at radius 3 is 2.47 bits per heavy atom. The van der Waals surface area contributed by atoms with Gasteiger partial charge in [-0.1, -0.05) is 46.3 Å². The molecule has 0 unspecified atom stereocenters. The number of nitrogens with zero attached hydrogens (tertiary/aromatic N) is 1. The summed E-state index contributed by atoms with van der Waals surface area (Å²) in [6.07, 6.45) is 0. The molecule has 15 heavy (non-hydrogen) atoms. The first kappa shape index (κ1) is 10.2. The predicted octanol–water partition coefficient (Wildman–Crippen LogP) is 3.35. The maximum Gasteiger partial charge on any atom is 0.137 e. The number of halogens is 1. The Balaban J connectivity index is 2.46. The molecule has 1 heterocycles. The van der Waals surface area contributed by atoms with Crippen LogP contribution < -0.4 is 0 Å². The fourth-order valence-electron chi connectivity index (χ4n) is 1.36. The lowest BCUT2D eigenvalue weighted by Crippen LogP contribution is -1.89. The van der Waals surface area contributed by atoms with Gasteiger partial charge in [0, 0.05) is 10.9 Å². The fourth-order valence-corrected chi connectivity index (χ4v) is 1.77. The van der Waals surface area contributed by atoms with Crippen LogP contribution in [0.25, 0.3) is 11.3 Å². The van der Waals surface area contributed by atoms with Crippen molar-refractivity contribution in [2.24, 2.45) is 0 Å². The number of rotatable bonds is 2. The maximum atomic E-state index is 9.49. The zero-order valence-corrected chi connectivity index (χ0v) is 9.61. The summed E-state index contributed by atoms with van der Waals surface area (Å²) in [5.41, 5.74) is 2.60. The highest BCUT2D eigenvalue weighted by atomic mass is 79.9. The van der Waals surface area contributed by atoms with Crippen molar-refractivity contribution in [3.05, 3.63) is 48.2 Å². The SMILES string of the molecule is Oc1ccc(-c2ccccc2)nc1CBr. The van der Waals surface area contributed by atoms with E-state index < -0.39 is 0 Å². The number of alkyl halides is 1. The van der Waals surface area contributed by atoms with Crippen LogP contribution in [0.4, 0.5) is 0 Å². The molecule has 2 nitrogen and oxygen atoms in total. The molecule has 0 spiro atoms. The number of aromatic nitrogens is 1. The van der Waals surface area contributed by atoms with Gasteiger partial charge in [0.25, 0.3) is 0 Å². The fraction of sp³-hybridized carbons (Fsp3) is 0.0833. The van der Waals surface area contributed by atoms with Crippen molar-refractivity contribution in [2.45, 2.75) is 5.33 Å². The van der Waals surface area contributed by atoms with Gasteiger partial charge < -0.3 is 5.11 Å². The molecule has 3 heteroatoms. The van der Waals surface area contributed by atoms with E-state index in [1.807, 2.05) is 36.4 Å². The molecule has 0 saturated heterocycles. The summed E-state index contributed by atoms with van der Waals surface area (Å²) in [5.74, 6) is 0.228. The number of hydrogen-bond donors (Lipinski definition) is 1. The Hall–Kier alpha value is -1.35. The smallest absolute Gasteiger partial charge is 0.137 e. The second-order valence-electron chi connectivity index (χ2n) is 3.16. The van der Waals surface area contributed by atoms with E-state index in [0.717, 1.165) is 11.3 Å². The number of pyridine rings is 1. The van der Waals surface area contributed by atoms with Gasteiger partial charge in [0.2, 0.25) is 0 Å². The molecule has 1 N–H and O–H groups in total. The monoisotopic (exact) mass is 263 g/mol. The van der Waals surface area contributed by atoms with Gasteiger partial charge in [0.15, 0.2) is 0 Å². The summed E-state index contributed by atoms with van der Waals surface area (Å²) in [5, 5.41) is 10.0. The highest BCUT2D eigenvalue weighted by molar-refractivity contribution is 9.08. The third kappa shape index (κ3) is 2.18. The second kappa shape index (κ2) is 4.45. The van der Waals surface area contributed by atoms with Gasteiger partial charge in [0.1, 0.15) is 5.75 Å². The molecule has 1 aromatic heterocycles. The van der Waals surface area contributed by atoms with Crippen LogP contribution in [-0.2, 0) is 5.33 Å². The molecular formula is C12H10BrNO. The van der Waals surface area contributed by atoms with E-state index in [9.17, 15) is 5.11 Å². The van der Waals surface area contributed by atoms with Crippen molar-refractivity contribution in [1.29, 1.82) is 0 Å². The van der Waals surface area contributed by atoms with Crippen LogP contribution in [0.1, 0.15) is 5.69 Å². The average Bonchev–Trinajstić information content (AvgIpc) is 2.31. The highest BCUT2D eigenvalue weighted by Gasteiger charge is 2.04. The molecule has 0 aliphatic carbocycles. The van der Waals surface area contributed by atoms with Crippen molar-refractivity contribution >= 4 is 15.9 Å². The molecule has 0 aliphatic rings. The Labute approximate surface area is 96.7 Å². The predicted molar refractivity (Wildman–Crippen MR) is 64.0 cm³/mol. The molecule has 0 aliphatic heterocycles. The van der Waals surface area contributed by atoms with Crippen LogP contribution in [-0.4, -0.2) is 10.1 Å². The van der Waals surface area contributed by atoms with Gasteiger partial charge in [-0.3, -0.25) is 0 Å². The molecule has 1 aromatic carbocycles. The van der Waals surface area contributed by atoms with Crippen molar-refractivity contribution in [2.75, 3.05) is 0 Å². The van der Waals surface area contributed by atoms with Gasteiger partial charge in [-0.25, -0.2) is 4.98 Å². The van der Waals surface area contributed by atoms with Crippen LogP contribution in [0.3, 0.4) is 0 Å². The first-order valence-electron chi connectivity index (χ1n) is 4.61. The van der Waals surface area contributed by atoms with Crippen LogP contribution in [0.15, 0.2) is 42.5 Å². The third-order valence-corrected chi connectivity index (χ3v) is 2.68. The Morgan fingerprint density at radius 2 is 1.80 bits per heavy atom. The molecule has 0 radical (unpaired) electrons. The summed E-state index contributed by atoms with van der Waals surface area (Å²) in [6, 6.07) is 13.4. The maximum absolute atomic E-state index is 9.49. The summed E-state index contributed by atoms with van der Waals surface area (Å²) in [7, 11) is 0. The lowest BCUT2D eigenvalue weighted by molar-refractivity contribution is 0.467. The van der Waals surface area contributed by atoms with Gasteiger partial charge >= 0.3 is 0 Å². The number of hydrogen-bond acceptors (Lipinski definition) is 2. The van der Waals surface area contributed by atoms with Gasteiger partial charge in [-0.15, -0.1) is 0 Å². The zero-order valence-electron chi connectivity index (χ0n) is 8.02. The molecule has 0 bridgehead atoms.